The van der Waals surface area contributed by atoms with Crippen LogP contribution in [0.5, 0.6) is 0 Å². The van der Waals surface area contributed by atoms with Crippen LogP contribution in [0.15, 0.2) is 12.2 Å². The van der Waals surface area contributed by atoms with Crippen molar-refractivity contribution in [2.45, 2.75) is 32.3 Å². The molecule has 1 aliphatic heterocycles. The zero-order valence-corrected chi connectivity index (χ0v) is 7.99. The molecule has 74 valence electrons. The van der Waals surface area contributed by atoms with Gasteiger partial charge in [0.1, 0.15) is 12.7 Å². The average molecular weight is 184 g/mol. The predicted octanol–water partition coefficient (Wildman–Crippen LogP) is 1.67. The summed E-state index contributed by atoms with van der Waals surface area (Å²) in [5, 5.41) is 0. The molecular weight excluding hydrogens is 168 g/mol. The molecule has 0 N–H and O–H groups in total. The first kappa shape index (κ1) is 10.3. The number of allylic oxidation sites excluding steroid dienone is 1. The Balaban J connectivity index is 1.98. The number of carbonyl (C=O) groups excluding carboxylic acids is 1. The van der Waals surface area contributed by atoms with Crippen LogP contribution < -0.4 is 0 Å². The molecule has 13 heavy (non-hydrogen) atoms. The summed E-state index contributed by atoms with van der Waals surface area (Å²) in [5.41, 5.74) is 0. The first-order chi connectivity index (χ1) is 6.33. The van der Waals surface area contributed by atoms with Crippen molar-refractivity contribution in [3.05, 3.63) is 12.2 Å². The molecule has 1 heterocycles. The molecule has 0 radical (unpaired) electrons. The van der Waals surface area contributed by atoms with Gasteiger partial charge in [0.2, 0.25) is 0 Å². The van der Waals surface area contributed by atoms with Crippen molar-refractivity contribution in [3.63, 3.8) is 0 Å². The Kier molecular flexibility index (Phi) is 4.54. The van der Waals surface area contributed by atoms with Crippen LogP contribution in [0.1, 0.15) is 26.2 Å². The molecule has 3 heteroatoms. The molecule has 1 saturated heterocycles. The Bertz CT molecular complexity index is 183. The fourth-order valence-electron chi connectivity index (χ4n) is 0.889. The molecule has 1 unspecified atom stereocenters. The molecule has 0 aromatic carbocycles. The van der Waals surface area contributed by atoms with Gasteiger partial charge in [0.15, 0.2) is 0 Å². The van der Waals surface area contributed by atoms with Crippen molar-refractivity contribution in [2.75, 3.05) is 13.2 Å². The van der Waals surface area contributed by atoms with Gasteiger partial charge in [-0.15, -0.1) is 0 Å². The summed E-state index contributed by atoms with van der Waals surface area (Å²) in [6.07, 6.45) is 6.74. The standard InChI is InChI=1S/C10H16O3/c1-2-3-4-5-6-10(11)13-8-9-7-12-9/h5-6,9H,2-4,7-8H2,1H3/b6-5+. The molecule has 0 spiro atoms. The highest BCUT2D eigenvalue weighted by Crippen LogP contribution is 2.08. The molecule has 1 rings (SSSR count). The first-order valence-corrected chi connectivity index (χ1v) is 4.78. The van der Waals surface area contributed by atoms with Gasteiger partial charge in [-0.25, -0.2) is 4.79 Å². The van der Waals surface area contributed by atoms with Gasteiger partial charge >= 0.3 is 5.97 Å². The van der Waals surface area contributed by atoms with Crippen molar-refractivity contribution < 1.29 is 14.3 Å². The van der Waals surface area contributed by atoms with E-state index in [4.69, 9.17) is 9.47 Å². The molecular formula is C10H16O3. The zero-order valence-electron chi connectivity index (χ0n) is 7.99. The summed E-state index contributed by atoms with van der Waals surface area (Å²) in [6.45, 7) is 3.25. The Morgan fingerprint density at radius 3 is 3.08 bits per heavy atom. The summed E-state index contributed by atoms with van der Waals surface area (Å²) in [4.78, 5) is 11.0. The van der Waals surface area contributed by atoms with E-state index in [0.717, 1.165) is 25.9 Å². The number of ether oxygens (including phenoxy) is 2. The van der Waals surface area contributed by atoms with E-state index in [9.17, 15) is 4.79 Å². The Morgan fingerprint density at radius 2 is 2.46 bits per heavy atom. The second-order valence-electron chi connectivity index (χ2n) is 3.13. The molecule has 0 amide bonds. The van der Waals surface area contributed by atoms with E-state index in [-0.39, 0.29) is 12.1 Å². The van der Waals surface area contributed by atoms with Crippen molar-refractivity contribution in [2.24, 2.45) is 0 Å². The molecule has 3 nitrogen and oxygen atoms in total. The van der Waals surface area contributed by atoms with Gasteiger partial charge in [-0.3, -0.25) is 0 Å². The number of rotatable bonds is 6. The van der Waals surface area contributed by atoms with Gasteiger partial charge < -0.3 is 9.47 Å². The number of carbonyl (C=O) groups is 1. The van der Waals surface area contributed by atoms with Gasteiger partial charge in [-0.2, -0.15) is 0 Å². The third-order valence-corrected chi connectivity index (χ3v) is 1.79. The van der Waals surface area contributed by atoms with Crippen LogP contribution in [0.4, 0.5) is 0 Å². The van der Waals surface area contributed by atoms with Gasteiger partial charge in [-0.05, 0) is 6.42 Å². The third kappa shape index (κ3) is 5.42. The second-order valence-corrected chi connectivity index (χ2v) is 3.13. The summed E-state index contributed by atoms with van der Waals surface area (Å²) in [7, 11) is 0. The summed E-state index contributed by atoms with van der Waals surface area (Å²) in [6, 6.07) is 0. The Hall–Kier alpha value is -0.830. The largest absolute Gasteiger partial charge is 0.460 e. The third-order valence-electron chi connectivity index (χ3n) is 1.79. The van der Waals surface area contributed by atoms with Crippen LogP contribution in [0.2, 0.25) is 0 Å². The number of hydrogen-bond acceptors (Lipinski definition) is 3. The zero-order chi connectivity index (χ0) is 9.52. The van der Waals surface area contributed by atoms with Crippen LogP contribution in [0.3, 0.4) is 0 Å². The van der Waals surface area contributed by atoms with Crippen molar-refractivity contribution in [1.82, 2.24) is 0 Å². The lowest BCUT2D eigenvalue weighted by molar-refractivity contribution is -0.138. The van der Waals surface area contributed by atoms with Gasteiger partial charge in [0.25, 0.3) is 0 Å². The highest BCUT2D eigenvalue weighted by Gasteiger charge is 2.23. The molecule has 1 fully saturated rings. The van der Waals surface area contributed by atoms with Crippen molar-refractivity contribution in [1.29, 1.82) is 0 Å². The minimum Gasteiger partial charge on any atom is -0.460 e. The smallest absolute Gasteiger partial charge is 0.330 e. The topological polar surface area (TPSA) is 38.8 Å². The SMILES string of the molecule is CCCC/C=C/C(=O)OCC1CO1. The fraction of sp³-hybridized carbons (Fsp3) is 0.700. The number of unbranched alkanes of at least 4 members (excludes halogenated alkanes) is 2. The Morgan fingerprint density at radius 1 is 1.69 bits per heavy atom. The van der Waals surface area contributed by atoms with E-state index in [0.29, 0.717) is 6.61 Å². The van der Waals surface area contributed by atoms with Crippen LogP contribution in [0, 0.1) is 0 Å². The van der Waals surface area contributed by atoms with E-state index in [1.54, 1.807) is 0 Å². The lowest BCUT2D eigenvalue weighted by Crippen LogP contribution is -2.06. The minimum atomic E-state index is -0.258. The van der Waals surface area contributed by atoms with Crippen LogP contribution in [0.25, 0.3) is 0 Å². The molecule has 0 aliphatic carbocycles. The first-order valence-electron chi connectivity index (χ1n) is 4.78. The van der Waals surface area contributed by atoms with E-state index in [1.165, 1.54) is 6.08 Å². The van der Waals surface area contributed by atoms with Crippen molar-refractivity contribution in [3.8, 4) is 0 Å². The number of epoxide rings is 1. The lowest BCUT2D eigenvalue weighted by atomic mass is 10.2. The summed E-state index contributed by atoms with van der Waals surface area (Å²) < 4.78 is 9.80. The van der Waals surface area contributed by atoms with E-state index >= 15 is 0 Å². The van der Waals surface area contributed by atoms with Crippen LogP contribution >= 0.6 is 0 Å². The summed E-state index contributed by atoms with van der Waals surface area (Å²) in [5.74, 6) is -0.258. The fourth-order valence-corrected chi connectivity index (χ4v) is 0.889. The predicted molar refractivity (Wildman–Crippen MR) is 49.4 cm³/mol. The highest BCUT2D eigenvalue weighted by molar-refractivity contribution is 5.81. The normalized spacial score (nSPS) is 20.5. The molecule has 0 saturated carbocycles. The number of hydrogen-bond donors (Lipinski definition) is 0. The lowest BCUT2D eigenvalue weighted by Gasteiger charge is -1.96. The molecule has 0 aromatic rings. The maximum absolute atomic E-state index is 11.0. The molecule has 0 bridgehead atoms. The van der Waals surface area contributed by atoms with Gasteiger partial charge in [0.05, 0.1) is 6.61 Å². The van der Waals surface area contributed by atoms with E-state index < -0.39 is 0 Å². The van der Waals surface area contributed by atoms with Crippen LogP contribution in [-0.4, -0.2) is 25.3 Å². The summed E-state index contributed by atoms with van der Waals surface area (Å²) >= 11 is 0. The molecule has 1 atom stereocenters. The Labute approximate surface area is 78.7 Å². The van der Waals surface area contributed by atoms with Gasteiger partial charge in [0, 0.05) is 6.08 Å². The maximum atomic E-state index is 11.0. The van der Waals surface area contributed by atoms with E-state index in [2.05, 4.69) is 6.92 Å². The quantitative estimate of drug-likeness (QED) is 0.273. The van der Waals surface area contributed by atoms with Crippen LogP contribution in [-0.2, 0) is 14.3 Å². The maximum Gasteiger partial charge on any atom is 0.330 e. The van der Waals surface area contributed by atoms with Crippen molar-refractivity contribution >= 4 is 5.97 Å². The highest BCUT2D eigenvalue weighted by atomic mass is 16.6. The van der Waals surface area contributed by atoms with E-state index in [1.807, 2.05) is 6.08 Å². The average Bonchev–Trinajstić information content (AvgIpc) is 2.92. The number of esters is 1. The second kappa shape index (κ2) is 5.75. The molecule has 0 aromatic heterocycles. The van der Waals surface area contributed by atoms with Gasteiger partial charge in [-0.1, -0.05) is 25.8 Å². The monoisotopic (exact) mass is 184 g/mol. The molecule has 1 aliphatic rings. The minimum absolute atomic E-state index is 0.160.